The van der Waals surface area contributed by atoms with Gasteiger partial charge in [-0.15, -0.1) is 0 Å². The molecule has 0 aliphatic carbocycles. The molecule has 0 aliphatic rings. The lowest BCUT2D eigenvalue weighted by Crippen LogP contribution is -2.29. The summed E-state index contributed by atoms with van der Waals surface area (Å²) in [5, 5.41) is 3.98. The number of pyridine rings is 1. The summed E-state index contributed by atoms with van der Waals surface area (Å²) in [6, 6.07) is 8.12. The van der Waals surface area contributed by atoms with Gasteiger partial charge in [-0.2, -0.15) is 5.10 Å². The van der Waals surface area contributed by atoms with Gasteiger partial charge in [0, 0.05) is 31.5 Å². The third kappa shape index (κ3) is 3.33. The highest BCUT2D eigenvalue weighted by molar-refractivity contribution is 6.04. The molecule has 0 fully saturated rings. The molecule has 1 amide bonds. The predicted octanol–water partition coefficient (Wildman–Crippen LogP) is 3.46. The fourth-order valence-corrected chi connectivity index (χ4v) is 3.27. The Kier molecular flexibility index (Phi) is 4.54. The van der Waals surface area contributed by atoms with Crippen molar-refractivity contribution in [1.82, 2.24) is 24.7 Å². The molecule has 4 aromatic rings. The summed E-state index contributed by atoms with van der Waals surface area (Å²) in [6.45, 7) is 3.87. The number of hydrogen-bond acceptors (Lipinski definition) is 5. The van der Waals surface area contributed by atoms with Crippen LogP contribution >= 0.6 is 0 Å². The summed E-state index contributed by atoms with van der Waals surface area (Å²) in [5.41, 5.74) is 4.35. The smallest absolute Gasteiger partial charge is 0.276 e. The van der Waals surface area contributed by atoms with Crippen molar-refractivity contribution < 1.29 is 9.18 Å². The zero-order valence-electron chi connectivity index (χ0n) is 16.5. The average Bonchev–Trinajstić information content (AvgIpc) is 3.12. The van der Waals surface area contributed by atoms with E-state index in [0.717, 1.165) is 16.8 Å². The average molecular weight is 390 g/mol. The molecule has 3 aromatic heterocycles. The van der Waals surface area contributed by atoms with Gasteiger partial charge in [-0.25, -0.2) is 19.3 Å². The first-order valence-corrected chi connectivity index (χ1v) is 9.02. The third-order valence-corrected chi connectivity index (χ3v) is 4.78. The molecule has 0 N–H and O–H groups in total. The summed E-state index contributed by atoms with van der Waals surface area (Å²) >= 11 is 0. The molecule has 7 nitrogen and oxygen atoms in total. The lowest BCUT2D eigenvalue weighted by molar-refractivity contribution is 0.0983. The summed E-state index contributed by atoms with van der Waals surface area (Å²) < 4.78 is 16.3. The van der Waals surface area contributed by atoms with Crippen molar-refractivity contribution in [1.29, 1.82) is 0 Å². The number of anilines is 1. The molecule has 0 radical (unpaired) electrons. The van der Waals surface area contributed by atoms with Crippen molar-refractivity contribution in [2.24, 2.45) is 7.05 Å². The van der Waals surface area contributed by atoms with E-state index in [1.807, 2.05) is 19.9 Å². The number of carbonyl (C=O) groups is 1. The second-order valence-corrected chi connectivity index (χ2v) is 6.88. The number of benzene rings is 1. The van der Waals surface area contributed by atoms with Crippen LogP contribution in [-0.2, 0) is 7.05 Å². The van der Waals surface area contributed by atoms with E-state index in [0.29, 0.717) is 22.6 Å². The van der Waals surface area contributed by atoms with E-state index >= 15 is 0 Å². The number of halogens is 1. The first kappa shape index (κ1) is 18.7. The van der Waals surface area contributed by atoms with E-state index in [1.165, 1.54) is 28.9 Å². The minimum absolute atomic E-state index is 0.161. The molecule has 1 aromatic carbocycles. The quantitative estimate of drug-likeness (QED) is 0.535. The Morgan fingerprint density at radius 1 is 1.14 bits per heavy atom. The maximum Gasteiger partial charge on any atom is 0.276 e. The van der Waals surface area contributed by atoms with Gasteiger partial charge < -0.3 is 4.90 Å². The number of hydrogen-bond donors (Lipinski definition) is 0. The van der Waals surface area contributed by atoms with Crippen LogP contribution in [0.1, 0.15) is 21.7 Å². The highest BCUT2D eigenvalue weighted by atomic mass is 19.1. The molecule has 0 unspecified atom stereocenters. The number of carbonyl (C=O) groups excluding carboxylic acids is 1. The van der Waals surface area contributed by atoms with Crippen LogP contribution in [-0.4, -0.2) is 37.7 Å². The molecule has 4 rings (SSSR count). The van der Waals surface area contributed by atoms with Crippen LogP contribution in [0.25, 0.3) is 22.4 Å². The molecule has 0 aliphatic heterocycles. The lowest BCUT2D eigenvalue weighted by atomic mass is 10.1. The maximum absolute atomic E-state index is 14.9. The van der Waals surface area contributed by atoms with Gasteiger partial charge in [0.25, 0.3) is 5.91 Å². The minimum atomic E-state index is -0.539. The van der Waals surface area contributed by atoms with Crippen LogP contribution in [0.15, 0.2) is 42.7 Å². The fraction of sp³-hybridized carbons (Fsp3) is 0.190. The Hall–Kier alpha value is -3.68. The van der Waals surface area contributed by atoms with Crippen LogP contribution in [0.3, 0.4) is 0 Å². The van der Waals surface area contributed by atoms with Gasteiger partial charge in [-0.1, -0.05) is 0 Å². The molecule has 0 atom stereocenters. The molecule has 146 valence electrons. The normalized spacial score (nSPS) is 11.1. The number of nitrogens with zero attached hydrogens (tertiary/aromatic N) is 6. The van der Waals surface area contributed by atoms with Crippen LogP contribution in [0.4, 0.5) is 10.1 Å². The van der Waals surface area contributed by atoms with Crippen LogP contribution in [0.5, 0.6) is 0 Å². The molecule has 0 bridgehead atoms. The SMILES string of the molecule is Cc1cc(C)c2nc(-c3ccc(N(C)C(=O)c4ccnn4C)c(F)c3)ncc2n1. The Morgan fingerprint density at radius 2 is 1.93 bits per heavy atom. The van der Waals surface area contributed by atoms with Gasteiger partial charge in [0.1, 0.15) is 17.0 Å². The molecule has 0 spiro atoms. The van der Waals surface area contributed by atoms with E-state index in [9.17, 15) is 9.18 Å². The first-order chi connectivity index (χ1) is 13.8. The highest BCUT2D eigenvalue weighted by Gasteiger charge is 2.20. The van der Waals surface area contributed by atoms with Crippen molar-refractivity contribution in [2.75, 3.05) is 11.9 Å². The van der Waals surface area contributed by atoms with Gasteiger partial charge in [-0.3, -0.25) is 9.48 Å². The van der Waals surface area contributed by atoms with Crippen molar-refractivity contribution in [2.45, 2.75) is 13.8 Å². The van der Waals surface area contributed by atoms with Gasteiger partial charge in [0.05, 0.1) is 17.4 Å². The van der Waals surface area contributed by atoms with E-state index in [1.54, 1.807) is 31.4 Å². The largest absolute Gasteiger partial charge is 0.307 e. The standard InChI is InChI=1S/C21H19FN6O/c1-12-9-13(2)25-16-11-23-20(26-19(12)16)14-5-6-17(15(22)10-14)27(3)21(29)18-7-8-24-28(18)4/h5-11H,1-4H3. The molecule has 0 saturated carbocycles. The van der Waals surface area contributed by atoms with Crippen LogP contribution < -0.4 is 4.90 Å². The van der Waals surface area contributed by atoms with E-state index in [-0.39, 0.29) is 11.6 Å². The van der Waals surface area contributed by atoms with E-state index in [2.05, 4.69) is 20.1 Å². The van der Waals surface area contributed by atoms with Crippen molar-refractivity contribution in [3.63, 3.8) is 0 Å². The van der Waals surface area contributed by atoms with Crippen LogP contribution in [0.2, 0.25) is 0 Å². The van der Waals surface area contributed by atoms with Gasteiger partial charge >= 0.3 is 0 Å². The Morgan fingerprint density at radius 3 is 2.62 bits per heavy atom. The number of fused-ring (bicyclic) bond motifs is 1. The monoisotopic (exact) mass is 390 g/mol. The Bertz CT molecular complexity index is 1250. The predicted molar refractivity (Wildman–Crippen MR) is 108 cm³/mol. The molecular formula is C21H19FN6O. The molecule has 0 saturated heterocycles. The molecule has 29 heavy (non-hydrogen) atoms. The summed E-state index contributed by atoms with van der Waals surface area (Å²) in [6.07, 6.45) is 3.16. The van der Waals surface area contributed by atoms with Crippen LogP contribution in [0, 0.1) is 19.7 Å². The van der Waals surface area contributed by atoms with Crippen molar-refractivity contribution >= 4 is 22.6 Å². The Balaban J connectivity index is 1.69. The number of rotatable bonds is 3. The first-order valence-electron chi connectivity index (χ1n) is 9.02. The van der Waals surface area contributed by atoms with Gasteiger partial charge in [0.15, 0.2) is 5.82 Å². The summed E-state index contributed by atoms with van der Waals surface area (Å²) in [5.74, 6) is -0.490. The summed E-state index contributed by atoms with van der Waals surface area (Å²) in [4.78, 5) is 27.2. The zero-order chi connectivity index (χ0) is 20.7. The number of aromatic nitrogens is 5. The van der Waals surface area contributed by atoms with Crippen molar-refractivity contribution in [3.8, 4) is 11.4 Å². The molecule has 3 heterocycles. The van der Waals surface area contributed by atoms with Gasteiger partial charge in [0.2, 0.25) is 0 Å². The second-order valence-electron chi connectivity index (χ2n) is 6.88. The Labute approximate surface area is 166 Å². The second kappa shape index (κ2) is 7.05. The molecule has 8 heteroatoms. The fourth-order valence-electron chi connectivity index (χ4n) is 3.27. The van der Waals surface area contributed by atoms with Gasteiger partial charge in [-0.05, 0) is 49.7 Å². The zero-order valence-corrected chi connectivity index (χ0v) is 16.5. The minimum Gasteiger partial charge on any atom is -0.307 e. The number of amides is 1. The number of aryl methyl sites for hydroxylation is 3. The van der Waals surface area contributed by atoms with E-state index < -0.39 is 5.82 Å². The van der Waals surface area contributed by atoms with E-state index in [4.69, 9.17) is 0 Å². The third-order valence-electron chi connectivity index (χ3n) is 4.78. The molecular weight excluding hydrogens is 371 g/mol. The topological polar surface area (TPSA) is 76.8 Å². The van der Waals surface area contributed by atoms with Crippen molar-refractivity contribution in [3.05, 3.63) is 65.5 Å². The summed E-state index contributed by atoms with van der Waals surface area (Å²) in [7, 11) is 3.19. The maximum atomic E-state index is 14.9. The highest BCUT2D eigenvalue weighted by Crippen LogP contribution is 2.26. The lowest BCUT2D eigenvalue weighted by Gasteiger charge is -2.18.